The van der Waals surface area contributed by atoms with Gasteiger partial charge in [0.2, 0.25) is 0 Å². The molecule has 2 aromatic rings. The number of amides is 1. The number of aryl methyl sites for hydroxylation is 1. The van der Waals surface area contributed by atoms with Crippen LogP contribution in [-0.2, 0) is 14.3 Å². The van der Waals surface area contributed by atoms with Gasteiger partial charge in [-0.15, -0.1) is 0 Å². The number of hydrogen-bond donors (Lipinski definition) is 1. The molecule has 0 spiro atoms. The van der Waals surface area contributed by atoms with Crippen LogP contribution in [0.2, 0.25) is 0 Å². The number of carbonyl (C=O) groups is 3. The second-order valence-corrected chi connectivity index (χ2v) is 5.35. The third kappa shape index (κ3) is 5.84. The molecule has 0 aliphatic rings. The third-order valence-corrected chi connectivity index (χ3v) is 3.19. The van der Waals surface area contributed by atoms with Crippen molar-refractivity contribution in [3.05, 3.63) is 41.2 Å². The molecule has 1 amide bonds. The number of anilines is 1. The lowest BCUT2D eigenvalue weighted by atomic mass is 10.1. The minimum Gasteiger partial charge on any atom is -0.484 e. The van der Waals surface area contributed by atoms with E-state index in [1.165, 1.54) is 18.2 Å². The first-order chi connectivity index (χ1) is 12.9. The Labute approximate surface area is 155 Å². The van der Waals surface area contributed by atoms with Crippen molar-refractivity contribution in [2.24, 2.45) is 0 Å². The topological polar surface area (TPSA) is 117 Å². The summed E-state index contributed by atoms with van der Waals surface area (Å²) in [7, 11) is 0. The fourth-order valence-electron chi connectivity index (χ4n) is 2.10. The Hall–Kier alpha value is -3.36. The van der Waals surface area contributed by atoms with Crippen LogP contribution in [0.25, 0.3) is 0 Å². The number of nitrogens with zero attached hydrogens (tertiary/aromatic N) is 1. The van der Waals surface area contributed by atoms with Gasteiger partial charge in [0, 0.05) is 6.07 Å². The molecule has 1 aromatic carbocycles. The van der Waals surface area contributed by atoms with Gasteiger partial charge < -0.3 is 24.1 Å². The quantitative estimate of drug-likeness (QED) is 0.698. The standard InChI is InChI=1S/C18H20N2O7/c1-4-24-17(22)12-7-13(18(23)25-5-2)9-14(8-12)26-10-16(21)19-15-6-11(3)27-20-15/h6-9H,4-5,10H2,1-3H3,(H,19,20,21). The second-order valence-electron chi connectivity index (χ2n) is 5.35. The molecule has 0 radical (unpaired) electrons. The zero-order valence-corrected chi connectivity index (χ0v) is 15.2. The maximum atomic E-state index is 12.0. The number of ether oxygens (including phenoxy) is 3. The van der Waals surface area contributed by atoms with E-state index in [-0.39, 0.29) is 42.5 Å². The highest BCUT2D eigenvalue weighted by atomic mass is 16.5. The van der Waals surface area contributed by atoms with E-state index in [2.05, 4.69) is 10.5 Å². The number of carbonyl (C=O) groups excluding carboxylic acids is 3. The number of esters is 2. The zero-order valence-electron chi connectivity index (χ0n) is 15.2. The third-order valence-electron chi connectivity index (χ3n) is 3.19. The van der Waals surface area contributed by atoms with Crippen LogP contribution >= 0.6 is 0 Å². The van der Waals surface area contributed by atoms with Crippen molar-refractivity contribution in [2.75, 3.05) is 25.1 Å². The highest BCUT2D eigenvalue weighted by Crippen LogP contribution is 2.19. The molecule has 9 heteroatoms. The van der Waals surface area contributed by atoms with Gasteiger partial charge in [0.05, 0.1) is 24.3 Å². The predicted octanol–water partition coefficient (Wildman–Crippen LogP) is 2.35. The van der Waals surface area contributed by atoms with Gasteiger partial charge in [0.15, 0.2) is 12.4 Å². The van der Waals surface area contributed by atoms with E-state index in [0.29, 0.717) is 5.76 Å². The number of hydrogen-bond acceptors (Lipinski definition) is 8. The summed E-state index contributed by atoms with van der Waals surface area (Å²) in [6.45, 7) is 5.02. The van der Waals surface area contributed by atoms with Crippen LogP contribution in [0.5, 0.6) is 5.75 Å². The summed E-state index contributed by atoms with van der Waals surface area (Å²) in [4.78, 5) is 35.9. The molecular formula is C18H20N2O7. The smallest absolute Gasteiger partial charge is 0.338 e. The summed E-state index contributed by atoms with van der Waals surface area (Å²) < 4.78 is 20.1. The Morgan fingerprint density at radius 2 is 1.59 bits per heavy atom. The molecule has 0 unspecified atom stereocenters. The fourth-order valence-corrected chi connectivity index (χ4v) is 2.10. The average molecular weight is 376 g/mol. The molecular weight excluding hydrogens is 356 g/mol. The molecule has 0 bridgehead atoms. The van der Waals surface area contributed by atoms with Gasteiger partial charge in [-0.1, -0.05) is 5.16 Å². The minimum absolute atomic E-state index is 0.116. The van der Waals surface area contributed by atoms with Crippen LogP contribution in [0.1, 0.15) is 40.3 Å². The first-order valence-electron chi connectivity index (χ1n) is 8.28. The second kappa shape index (κ2) is 9.37. The lowest BCUT2D eigenvalue weighted by Crippen LogP contribution is -2.20. The van der Waals surface area contributed by atoms with E-state index in [4.69, 9.17) is 18.7 Å². The molecule has 0 saturated carbocycles. The maximum absolute atomic E-state index is 12.0. The van der Waals surface area contributed by atoms with Crippen LogP contribution in [0.3, 0.4) is 0 Å². The molecule has 144 valence electrons. The van der Waals surface area contributed by atoms with E-state index < -0.39 is 17.8 Å². The molecule has 9 nitrogen and oxygen atoms in total. The van der Waals surface area contributed by atoms with Crippen LogP contribution in [0.4, 0.5) is 5.82 Å². The lowest BCUT2D eigenvalue weighted by molar-refractivity contribution is -0.118. The number of benzene rings is 1. The molecule has 0 saturated heterocycles. The molecule has 0 atom stereocenters. The summed E-state index contributed by atoms with van der Waals surface area (Å²) in [5.41, 5.74) is 0.231. The predicted molar refractivity (Wildman–Crippen MR) is 93.7 cm³/mol. The van der Waals surface area contributed by atoms with Crippen molar-refractivity contribution in [1.29, 1.82) is 0 Å². The van der Waals surface area contributed by atoms with E-state index in [1.807, 2.05) is 0 Å². The lowest BCUT2D eigenvalue weighted by Gasteiger charge is -2.10. The molecule has 1 aromatic heterocycles. The Morgan fingerprint density at radius 3 is 2.07 bits per heavy atom. The van der Waals surface area contributed by atoms with Gasteiger partial charge in [-0.3, -0.25) is 4.79 Å². The maximum Gasteiger partial charge on any atom is 0.338 e. The largest absolute Gasteiger partial charge is 0.484 e. The average Bonchev–Trinajstić information content (AvgIpc) is 3.05. The van der Waals surface area contributed by atoms with Crippen LogP contribution < -0.4 is 10.1 Å². The highest BCUT2D eigenvalue weighted by molar-refractivity contribution is 5.96. The van der Waals surface area contributed by atoms with Gasteiger partial charge >= 0.3 is 11.9 Å². The first-order valence-corrected chi connectivity index (χ1v) is 8.28. The monoisotopic (exact) mass is 376 g/mol. The van der Waals surface area contributed by atoms with E-state index in [0.717, 1.165) is 0 Å². The Bertz CT molecular complexity index is 793. The van der Waals surface area contributed by atoms with Crippen molar-refractivity contribution < 1.29 is 33.1 Å². The Kier molecular flexibility index (Phi) is 6.93. The van der Waals surface area contributed by atoms with E-state index >= 15 is 0 Å². The van der Waals surface area contributed by atoms with Crippen molar-refractivity contribution in [2.45, 2.75) is 20.8 Å². The highest BCUT2D eigenvalue weighted by Gasteiger charge is 2.16. The number of rotatable bonds is 8. The SMILES string of the molecule is CCOC(=O)c1cc(OCC(=O)Nc2cc(C)on2)cc(C(=O)OCC)c1. The molecule has 2 rings (SSSR count). The summed E-state index contributed by atoms with van der Waals surface area (Å²) >= 11 is 0. The van der Waals surface area contributed by atoms with Gasteiger partial charge in [0.1, 0.15) is 11.5 Å². The van der Waals surface area contributed by atoms with Crippen molar-refractivity contribution >= 4 is 23.7 Å². The zero-order chi connectivity index (χ0) is 19.8. The molecule has 0 aliphatic heterocycles. The van der Waals surface area contributed by atoms with Gasteiger partial charge in [-0.25, -0.2) is 9.59 Å². The van der Waals surface area contributed by atoms with Crippen molar-refractivity contribution in [1.82, 2.24) is 5.16 Å². The minimum atomic E-state index is -0.615. The van der Waals surface area contributed by atoms with Gasteiger partial charge in [0.25, 0.3) is 5.91 Å². The molecule has 1 N–H and O–H groups in total. The Balaban J connectivity index is 2.12. The normalized spacial score (nSPS) is 10.2. The van der Waals surface area contributed by atoms with Gasteiger partial charge in [-0.05, 0) is 39.0 Å². The van der Waals surface area contributed by atoms with Crippen molar-refractivity contribution in [3.8, 4) is 5.75 Å². The molecule has 1 heterocycles. The van der Waals surface area contributed by atoms with Crippen LogP contribution in [0, 0.1) is 6.92 Å². The number of nitrogens with one attached hydrogen (secondary N) is 1. The molecule has 0 aliphatic carbocycles. The van der Waals surface area contributed by atoms with Crippen LogP contribution in [-0.4, -0.2) is 42.8 Å². The van der Waals surface area contributed by atoms with Crippen LogP contribution in [0.15, 0.2) is 28.8 Å². The summed E-state index contributed by atoms with van der Waals surface area (Å²) in [6.07, 6.45) is 0. The Morgan fingerprint density at radius 1 is 1.00 bits per heavy atom. The summed E-state index contributed by atoms with van der Waals surface area (Å²) in [6, 6.07) is 5.67. The van der Waals surface area contributed by atoms with Gasteiger partial charge in [-0.2, -0.15) is 0 Å². The fraction of sp³-hybridized carbons (Fsp3) is 0.333. The first kappa shape index (κ1) is 20.0. The summed E-state index contributed by atoms with van der Waals surface area (Å²) in [5, 5.41) is 6.14. The van der Waals surface area contributed by atoms with E-state index in [9.17, 15) is 14.4 Å². The van der Waals surface area contributed by atoms with E-state index in [1.54, 1.807) is 26.8 Å². The number of aromatic nitrogens is 1. The summed E-state index contributed by atoms with van der Waals surface area (Å²) in [5.74, 6) is -0.759. The molecule has 27 heavy (non-hydrogen) atoms. The molecule has 0 fully saturated rings. The van der Waals surface area contributed by atoms with Crippen molar-refractivity contribution in [3.63, 3.8) is 0 Å².